The number of hydrogen-bond donors (Lipinski definition) is 1. The van der Waals surface area contributed by atoms with Gasteiger partial charge in [0.1, 0.15) is 0 Å². The maximum absolute atomic E-state index is 9.99. The Morgan fingerprint density at radius 2 is 2.20 bits per heavy atom. The summed E-state index contributed by atoms with van der Waals surface area (Å²) in [5.74, 6) is 0.370. The Labute approximate surface area is 127 Å². The number of aliphatic hydroxyl groups is 1. The number of thiazole rings is 1. The molecular formula is C15H17ClN2OS. The molecule has 1 N–H and O–H groups in total. The van der Waals surface area contributed by atoms with Crippen LogP contribution in [-0.4, -0.2) is 29.3 Å². The predicted molar refractivity (Wildman–Crippen MR) is 84.6 cm³/mol. The quantitative estimate of drug-likeness (QED) is 0.919. The molecule has 2 atom stereocenters. The molecule has 0 saturated carbocycles. The topological polar surface area (TPSA) is 36.4 Å². The van der Waals surface area contributed by atoms with Gasteiger partial charge in [0, 0.05) is 29.1 Å². The molecule has 5 heteroatoms. The van der Waals surface area contributed by atoms with E-state index in [1.165, 1.54) is 0 Å². The molecule has 0 radical (unpaired) electrons. The Hall–Kier alpha value is -1.10. The Morgan fingerprint density at radius 1 is 1.40 bits per heavy atom. The summed E-state index contributed by atoms with van der Waals surface area (Å²) < 4.78 is 0. The molecule has 0 bridgehead atoms. The molecule has 20 heavy (non-hydrogen) atoms. The maximum Gasteiger partial charge on any atom is 0.185 e. The monoisotopic (exact) mass is 308 g/mol. The second-order valence-corrected chi connectivity index (χ2v) is 6.52. The van der Waals surface area contributed by atoms with Crippen LogP contribution in [0.4, 0.5) is 5.13 Å². The smallest absolute Gasteiger partial charge is 0.185 e. The highest BCUT2D eigenvalue weighted by Crippen LogP contribution is 2.33. The first kappa shape index (κ1) is 13.9. The highest BCUT2D eigenvalue weighted by atomic mass is 35.5. The van der Waals surface area contributed by atoms with Crippen LogP contribution in [0.3, 0.4) is 0 Å². The third kappa shape index (κ3) is 2.68. The zero-order valence-corrected chi connectivity index (χ0v) is 12.9. The van der Waals surface area contributed by atoms with Gasteiger partial charge >= 0.3 is 0 Å². The van der Waals surface area contributed by atoms with E-state index in [9.17, 15) is 5.11 Å². The van der Waals surface area contributed by atoms with E-state index in [1.54, 1.807) is 11.3 Å². The van der Waals surface area contributed by atoms with Gasteiger partial charge in [-0.1, -0.05) is 36.7 Å². The average molecular weight is 309 g/mol. The zero-order chi connectivity index (χ0) is 14.1. The fourth-order valence-electron chi connectivity index (χ4n) is 2.42. The SMILES string of the molecule is CC1CCN(c2nc(-c3ccccc3Cl)cs2)CC1O. The molecule has 1 saturated heterocycles. The first-order valence-corrected chi connectivity index (χ1v) is 8.04. The Balaban J connectivity index is 1.82. The van der Waals surface area contributed by atoms with Crippen molar-refractivity contribution in [1.82, 2.24) is 4.98 Å². The molecule has 2 unspecified atom stereocenters. The summed E-state index contributed by atoms with van der Waals surface area (Å²) in [6.07, 6.45) is 0.735. The number of piperidine rings is 1. The molecule has 1 aliphatic heterocycles. The average Bonchev–Trinajstić information content (AvgIpc) is 2.92. The van der Waals surface area contributed by atoms with Crippen LogP contribution in [0, 0.1) is 5.92 Å². The van der Waals surface area contributed by atoms with Crippen LogP contribution in [0.15, 0.2) is 29.6 Å². The molecule has 3 rings (SSSR count). The standard InChI is InChI=1S/C15H17ClN2OS/c1-10-6-7-18(8-14(10)19)15-17-13(9-20-15)11-4-2-3-5-12(11)16/h2-5,9-10,14,19H,6-8H2,1H3. The molecular weight excluding hydrogens is 292 g/mol. The van der Waals surface area contributed by atoms with Crippen molar-refractivity contribution in [3.63, 3.8) is 0 Å². The highest BCUT2D eigenvalue weighted by Gasteiger charge is 2.26. The van der Waals surface area contributed by atoms with E-state index in [0.717, 1.165) is 34.4 Å². The first-order valence-electron chi connectivity index (χ1n) is 6.78. The van der Waals surface area contributed by atoms with E-state index < -0.39 is 0 Å². The minimum Gasteiger partial charge on any atom is -0.391 e. The lowest BCUT2D eigenvalue weighted by molar-refractivity contribution is 0.103. The van der Waals surface area contributed by atoms with Crippen LogP contribution in [0.2, 0.25) is 5.02 Å². The van der Waals surface area contributed by atoms with Crippen molar-refractivity contribution >= 4 is 28.1 Å². The van der Waals surface area contributed by atoms with Crippen molar-refractivity contribution in [2.75, 3.05) is 18.0 Å². The third-order valence-corrected chi connectivity index (χ3v) is 5.06. The predicted octanol–water partition coefficient (Wildman–Crippen LogP) is 3.67. The molecule has 2 aromatic rings. The summed E-state index contributed by atoms with van der Waals surface area (Å²) in [7, 11) is 0. The van der Waals surface area contributed by atoms with Crippen LogP contribution in [-0.2, 0) is 0 Å². The molecule has 0 amide bonds. The minimum atomic E-state index is -0.267. The van der Waals surface area contributed by atoms with Crippen LogP contribution in [0.5, 0.6) is 0 Å². The van der Waals surface area contributed by atoms with Gasteiger partial charge in [-0.05, 0) is 18.4 Å². The van der Waals surface area contributed by atoms with Gasteiger partial charge in [-0.15, -0.1) is 11.3 Å². The second kappa shape index (κ2) is 5.72. The summed E-state index contributed by atoms with van der Waals surface area (Å²) in [5, 5.41) is 13.7. The van der Waals surface area contributed by atoms with Crippen molar-refractivity contribution in [3.05, 3.63) is 34.7 Å². The maximum atomic E-state index is 9.99. The first-order chi connectivity index (χ1) is 9.65. The van der Waals surface area contributed by atoms with Gasteiger partial charge in [0.2, 0.25) is 0 Å². The number of aromatic nitrogens is 1. The van der Waals surface area contributed by atoms with E-state index in [0.29, 0.717) is 12.5 Å². The third-order valence-electron chi connectivity index (χ3n) is 3.83. The number of nitrogens with zero attached hydrogens (tertiary/aromatic N) is 2. The molecule has 0 spiro atoms. The molecule has 1 aromatic carbocycles. The fraction of sp³-hybridized carbons (Fsp3) is 0.400. The van der Waals surface area contributed by atoms with Gasteiger partial charge in [-0.25, -0.2) is 4.98 Å². The number of benzene rings is 1. The highest BCUT2D eigenvalue weighted by molar-refractivity contribution is 7.14. The number of halogens is 1. The molecule has 0 aliphatic carbocycles. The van der Waals surface area contributed by atoms with Gasteiger partial charge < -0.3 is 10.0 Å². The van der Waals surface area contributed by atoms with Crippen molar-refractivity contribution in [3.8, 4) is 11.3 Å². The number of anilines is 1. The van der Waals surface area contributed by atoms with Gasteiger partial charge in [0.25, 0.3) is 0 Å². The van der Waals surface area contributed by atoms with Gasteiger partial charge in [-0.2, -0.15) is 0 Å². The van der Waals surface area contributed by atoms with E-state index >= 15 is 0 Å². The number of aliphatic hydroxyl groups excluding tert-OH is 1. The Morgan fingerprint density at radius 3 is 2.95 bits per heavy atom. The summed E-state index contributed by atoms with van der Waals surface area (Å²) in [6.45, 7) is 3.71. The molecule has 106 valence electrons. The van der Waals surface area contributed by atoms with E-state index in [4.69, 9.17) is 11.6 Å². The second-order valence-electron chi connectivity index (χ2n) is 5.27. The zero-order valence-electron chi connectivity index (χ0n) is 11.3. The van der Waals surface area contributed by atoms with Gasteiger partial charge in [-0.3, -0.25) is 0 Å². The van der Waals surface area contributed by atoms with Crippen molar-refractivity contribution in [2.45, 2.75) is 19.4 Å². The summed E-state index contributed by atoms with van der Waals surface area (Å²) in [5.41, 5.74) is 1.87. The lowest BCUT2D eigenvalue weighted by Gasteiger charge is -2.34. The van der Waals surface area contributed by atoms with E-state index in [1.807, 2.05) is 29.6 Å². The number of β-amino-alcohol motifs (C(OH)–C–C–N with tert-alkyl or cyclic N) is 1. The normalized spacial score (nSPS) is 23.1. The van der Waals surface area contributed by atoms with Crippen molar-refractivity contribution in [1.29, 1.82) is 0 Å². The van der Waals surface area contributed by atoms with Gasteiger partial charge in [0.15, 0.2) is 5.13 Å². The van der Waals surface area contributed by atoms with Crippen LogP contribution in [0.1, 0.15) is 13.3 Å². The fourth-order valence-corrected chi connectivity index (χ4v) is 3.52. The molecule has 3 nitrogen and oxygen atoms in total. The Bertz CT molecular complexity index is 601. The molecule has 1 aliphatic rings. The lowest BCUT2D eigenvalue weighted by Crippen LogP contribution is -2.42. The van der Waals surface area contributed by atoms with Crippen LogP contribution >= 0.6 is 22.9 Å². The van der Waals surface area contributed by atoms with Crippen molar-refractivity contribution < 1.29 is 5.11 Å². The summed E-state index contributed by atoms with van der Waals surface area (Å²) in [4.78, 5) is 6.84. The molecule has 2 heterocycles. The van der Waals surface area contributed by atoms with E-state index in [2.05, 4.69) is 16.8 Å². The minimum absolute atomic E-state index is 0.267. The molecule has 1 fully saturated rings. The number of rotatable bonds is 2. The summed E-state index contributed by atoms with van der Waals surface area (Å²) >= 11 is 7.82. The van der Waals surface area contributed by atoms with Gasteiger partial charge in [0.05, 0.1) is 11.8 Å². The van der Waals surface area contributed by atoms with Crippen LogP contribution in [0.25, 0.3) is 11.3 Å². The van der Waals surface area contributed by atoms with Crippen LogP contribution < -0.4 is 4.90 Å². The van der Waals surface area contributed by atoms with Crippen molar-refractivity contribution in [2.24, 2.45) is 5.92 Å². The Kier molecular flexibility index (Phi) is 3.96. The van der Waals surface area contributed by atoms with E-state index in [-0.39, 0.29) is 6.10 Å². The summed E-state index contributed by atoms with van der Waals surface area (Å²) in [6, 6.07) is 7.74. The number of hydrogen-bond acceptors (Lipinski definition) is 4. The lowest BCUT2D eigenvalue weighted by atomic mass is 9.96. The largest absolute Gasteiger partial charge is 0.391 e. The molecule has 1 aromatic heterocycles.